The van der Waals surface area contributed by atoms with Crippen molar-refractivity contribution in [3.63, 3.8) is 0 Å². The highest BCUT2D eigenvalue weighted by Gasteiger charge is 2.30. The number of rotatable bonds is 10. The Balaban J connectivity index is 3.35. The van der Waals surface area contributed by atoms with E-state index in [4.69, 9.17) is 23.7 Å². The summed E-state index contributed by atoms with van der Waals surface area (Å²) in [6.45, 7) is 3.90. The summed E-state index contributed by atoms with van der Waals surface area (Å²) in [6.07, 6.45) is 0.662. The van der Waals surface area contributed by atoms with Crippen molar-refractivity contribution in [2.45, 2.75) is 25.9 Å². The van der Waals surface area contributed by atoms with Gasteiger partial charge >= 0.3 is 0 Å². The van der Waals surface area contributed by atoms with Gasteiger partial charge < -0.3 is 28.5 Å². The second-order valence-electron chi connectivity index (χ2n) is 5.25. The summed E-state index contributed by atoms with van der Waals surface area (Å²) in [5.74, 6) is 1.28. The molecule has 0 fully saturated rings. The van der Waals surface area contributed by atoms with E-state index in [0.29, 0.717) is 17.2 Å². The van der Waals surface area contributed by atoms with Crippen LogP contribution in [0.25, 0.3) is 0 Å². The quantitative estimate of drug-likeness (QED) is 0.486. The highest BCUT2D eigenvalue weighted by atomic mass is 16.7. The Morgan fingerprint density at radius 2 is 1.52 bits per heavy atom. The largest absolute Gasteiger partial charge is 0.496 e. The van der Waals surface area contributed by atoms with E-state index in [9.17, 15) is 4.79 Å². The number of carbonyl (C=O) groups excluding carboxylic acids is 1. The molecule has 0 saturated heterocycles. The maximum Gasteiger partial charge on any atom is 0.164 e. The molecular formula is C17H26O6. The van der Waals surface area contributed by atoms with Crippen molar-refractivity contribution < 1.29 is 28.5 Å². The molecular weight excluding hydrogens is 300 g/mol. The number of hydrogen-bond donors (Lipinski definition) is 0. The molecule has 3 atom stereocenters. The number of benzene rings is 1. The Bertz CT molecular complexity index is 502. The zero-order valence-corrected chi connectivity index (χ0v) is 14.6. The standard InChI is InChI=1S/C17H26O6/c1-11(9-18)17(12(2)23-10-19-3)13-7-15(21-5)16(22-6)8-14(13)20-4/h7-9,11-12,17H,10H2,1-6H3/t11-,12+,17+/m0/s1. The van der Waals surface area contributed by atoms with Crippen molar-refractivity contribution in [3.8, 4) is 17.2 Å². The van der Waals surface area contributed by atoms with Crippen molar-refractivity contribution in [1.82, 2.24) is 0 Å². The molecule has 1 aromatic carbocycles. The molecule has 6 heteroatoms. The van der Waals surface area contributed by atoms with Gasteiger partial charge in [-0.2, -0.15) is 0 Å². The fourth-order valence-corrected chi connectivity index (χ4v) is 2.64. The minimum Gasteiger partial charge on any atom is -0.496 e. The second-order valence-corrected chi connectivity index (χ2v) is 5.25. The van der Waals surface area contributed by atoms with Gasteiger partial charge in [-0.1, -0.05) is 6.92 Å². The number of carbonyl (C=O) groups is 1. The van der Waals surface area contributed by atoms with Crippen LogP contribution in [0.5, 0.6) is 17.2 Å². The topological polar surface area (TPSA) is 63.2 Å². The van der Waals surface area contributed by atoms with Crippen molar-refractivity contribution in [1.29, 1.82) is 0 Å². The average molecular weight is 326 g/mol. The number of ether oxygens (including phenoxy) is 5. The molecule has 0 radical (unpaired) electrons. The van der Waals surface area contributed by atoms with E-state index in [1.807, 2.05) is 19.9 Å². The Hall–Kier alpha value is -1.79. The molecule has 6 nitrogen and oxygen atoms in total. The number of hydrogen-bond acceptors (Lipinski definition) is 6. The molecule has 0 unspecified atom stereocenters. The molecule has 0 spiro atoms. The molecule has 0 aromatic heterocycles. The molecule has 0 saturated carbocycles. The van der Waals surface area contributed by atoms with Crippen LogP contribution in [0.3, 0.4) is 0 Å². The normalized spacial score (nSPS) is 14.7. The van der Waals surface area contributed by atoms with Crippen molar-refractivity contribution >= 4 is 6.29 Å². The van der Waals surface area contributed by atoms with E-state index in [2.05, 4.69) is 0 Å². The van der Waals surface area contributed by atoms with Gasteiger partial charge in [-0.3, -0.25) is 0 Å². The Labute approximate surface area is 137 Å². The van der Waals surface area contributed by atoms with Gasteiger partial charge in [0.15, 0.2) is 11.5 Å². The molecule has 0 aliphatic heterocycles. The molecule has 130 valence electrons. The summed E-state index contributed by atoms with van der Waals surface area (Å²) >= 11 is 0. The molecule has 23 heavy (non-hydrogen) atoms. The lowest BCUT2D eigenvalue weighted by Gasteiger charge is -2.29. The summed E-state index contributed by atoms with van der Waals surface area (Å²) in [7, 11) is 6.26. The van der Waals surface area contributed by atoms with Crippen LogP contribution in [0.2, 0.25) is 0 Å². The van der Waals surface area contributed by atoms with Gasteiger partial charge in [0, 0.05) is 30.6 Å². The predicted molar refractivity (Wildman–Crippen MR) is 86.5 cm³/mol. The van der Waals surface area contributed by atoms with Crippen LogP contribution >= 0.6 is 0 Å². The first-order valence-corrected chi connectivity index (χ1v) is 7.39. The van der Waals surface area contributed by atoms with Crippen molar-refractivity contribution in [3.05, 3.63) is 17.7 Å². The first-order valence-electron chi connectivity index (χ1n) is 7.39. The Morgan fingerprint density at radius 1 is 0.957 bits per heavy atom. The summed E-state index contributed by atoms with van der Waals surface area (Å²) < 4.78 is 26.8. The number of aldehydes is 1. The molecule has 0 aliphatic rings. The van der Waals surface area contributed by atoms with Crippen LogP contribution < -0.4 is 14.2 Å². The molecule has 0 aliphatic carbocycles. The van der Waals surface area contributed by atoms with E-state index in [0.717, 1.165) is 11.8 Å². The fourth-order valence-electron chi connectivity index (χ4n) is 2.64. The lowest BCUT2D eigenvalue weighted by molar-refractivity contribution is -0.115. The predicted octanol–water partition coefficient (Wildman–Crippen LogP) is 2.64. The van der Waals surface area contributed by atoms with Gasteiger partial charge in [0.1, 0.15) is 18.8 Å². The Morgan fingerprint density at radius 3 is 2.00 bits per heavy atom. The molecule has 0 amide bonds. The van der Waals surface area contributed by atoms with Gasteiger partial charge in [-0.05, 0) is 13.0 Å². The van der Waals surface area contributed by atoms with Gasteiger partial charge in [0.05, 0.1) is 27.4 Å². The van der Waals surface area contributed by atoms with Crippen LogP contribution in [0.4, 0.5) is 0 Å². The fraction of sp³-hybridized carbons (Fsp3) is 0.588. The SMILES string of the molecule is COCO[C@H](C)[C@H](c1cc(OC)c(OC)cc1OC)[C@@H](C)C=O. The van der Waals surface area contributed by atoms with Gasteiger partial charge in [0.25, 0.3) is 0 Å². The molecule has 1 rings (SSSR count). The van der Waals surface area contributed by atoms with Crippen LogP contribution in [0.15, 0.2) is 12.1 Å². The van der Waals surface area contributed by atoms with Crippen molar-refractivity contribution in [2.24, 2.45) is 5.92 Å². The summed E-state index contributed by atoms with van der Waals surface area (Å²) in [5, 5.41) is 0. The average Bonchev–Trinajstić information content (AvgIpc) is 2.59. The van der Waals surface area contributed by atoms with Crippen LogP contribution in [0, 0.1) is 5.92 Å². The van der Waals surface area contributed by atoms with Crippen molar-refractivity contribution in [2.75, 3.05) is 35.2 Å². The zero-order valence-electron chi connectivity index (χ0n) is 14.6. The second kappa shape index (κ2) is 9.37. The minimum absolute atomic E-state index is 0.152. The lowest BCUT2D eigenvalue weighted by Crippen LogP contribution is -2.27. The molecule has 0 N–H and O–H groups in total. The van der Waals surface area contributed by atoms with Crippen LogP contribution in [0.1, 0.15) is 25.3 Å². The minimum atomic E-state index is -0.270. The third-order valence-electron chi connectivity index (χ3n) is 3.83. The monoisotopic (exact) mass is 326 g/mol. The maximum absolute atomic E-state index is 11.4. The van der Waals surface area contributed by atoms with E-state index in [1.54, 1.807) is 34.5 Å². The summed E-state index contributed by atoms with van der Waals surface area (Å²) in [4.78, 5) is 11.4. The third-order valence-corrected chi connectivity index (χ3v) is 3.83. The smallest absolute Gasteiger partial charge is 0.164 e. The van der Waals surface area contributed by atoms with E-state index in [1.165, 1.54) is 0 Å². The first-order chi connectivity index (χ1) is 11.0. The maximum atomic E-state index is 11.4. The molecule has 0 bridgehead atoms. The van der Waals surface area contributed by atoms with E-state index < -0.39 is 0 Å². The highest BCUT2D eigenvalue weighted by molar-refractivity contribution is 5.59. The summed E-state index contributed by atoms with van der Waals surface area (Å²) in [5.41, 5.74) is 0.827. The summed E-state index contributed by atoms with van der Waals surface area (Å²) in [6, 6.07) is 3.58. The van der Waals surface area contributed by atoms with Gasteiger partial charge in [0.2, 0.25) is 0 Å². The third kappa shape index (κ3) is 4.59. The first kappa shape index (κ1) is 19.3. The molecule has 0 heterocycles. The van der Waals surface area contributed by atoms with Crippen LogP contribution in [-0.4, -0.2) is 47.6 Å². The van der Waals surface area contributed by atoms with Crippen LogP contribution in [-0.2, 0) is 14.3 Å². The van der Waals surface area contributed by atoms with Gasteiger partial charge in [-0.25, -0.2) is 0 Å². The zero-order chi connectivity index (χ0) is 17.4. The van der Waals surface area contributed by atoms with E-state index >= 15 is 0 Å². The lowest BCUT2D eigenvalue weighted by atomic mass is 9.83. The van der Waals surface area contributed by atoms with Gasteiger partial charge in [-0.15, -0.1) is 0 Å². The number of methoxy groups -OCH3 is 4. The van der Waals surface area contributed by atoms with E-state index in [-0.39, 0.29) is 24.7 Å². The highest BCUT2D eigenvalue weighted by Crippen LogP contribution is 2.41. The Kier molecular flexibility index (Phi) is 7.85. The molecule has 1 aromatic rings.